The number of aromatic nitrogens is 2. The zero-order valence-corrected chi connectivity index (χ0v) is 13.2. The molecule has 0 bridgehead atoms. The summed E-state index contributed by atoms with van der Waals surface area (Å²) in [5.74, 6) is 0.379. The molecule has 116 valence electrons. The molecule has 0 N–H and O–H groups in total. The van der Waals surface area contributed by atoms with Crippen LogP contribution >= 0.6 is 11.6 Å². The van der Waals surface area contributed by atoms with Crippen LogP contribution in [0.1, 0.15) is 23.2 Å². The number of likely N-dealkylation sites (tertiary alicyclic amines) is 1. The van der Waals surface area contributed by atoms with Crippen LogP contribution in [0, 0.1) is 5.92 Å². The van der Waals surface area contributed by atoms with Gasteiger partial charge in [0.1, 0.15) is 0 Å². The molecule has 0 amide bonds. The molecule has 5 heteroatoms. The minimum atomic E-state index is 0.109. The van der Waals surface area contributed by atoms with Crippen LogP contribution < -0.4 is 0 Å². The van der Waals surface area contributed by atoms with Gasteiger partial charge in [0.2, 0.25) is 0 Å². The van der Waals surface area contributed by atoms with E-state index in [1.54, 1.807) is 6.20 Å². The lowest BCUT2D eigenvalue weighted by molar-refractivity contribution is 0.0815. The minimum Gasteiger partial charge on any atom is -0.301 e. The normalized spacial score (nSPS) is 19.2. The van der Waals surface area contributed by atoms with Gasteiger partial charge in [-0.15, -0.1) is 0 Å². The van der Waals surface area contributed by atoms with Gasteiger partial charge in [-0.25, -0.2) is 0 Å². The van der Waals surface area contributed by atoms with E-state index in [1.807, 2.05) is 41.2 Å². The molecule has 1 saturated heterocycles. The number of piperidine rings is 1. The Bertz CT molecular complexity index is 626. The van der Waals surface area contributed by atoms with Gasteiger partial charge in [-0.1, -0.05) is 41.9 Å². The fourth-order valence-electron chi connectivity index (χ4n) is 3.02. The van der Waals surface area contributed by atoms with Gasteiger partial charge >= 0.3 is 0 Å². The Kier molecular flexibility index (Phi) is 4.90. The number of hydrogen-bond donors (Lipinski definition) is 0. The van der Waals surface area contributed by atoms with Gasteiger partial charge in [-0.2, -0.15) is 5.10 Å². The number of benzene rings is 1. The third kappa shape index (κ3) is 3.76. The third-order valence-corrected chi connectivity index (χ3v) is 4.38. The first-order valence-electron chi connectivity index (χ1n) is 7.72. The van der Waals surface area contributed by atoms with Crippen molar-refractivity contribution >= 4 is 17.4 Å². The lowest BCUT2D eigenvalue weighted by Crippen LogP contribution is -2.40. The largest absolute Gasteiger partial charge is 0.301 e. The molecule has 1 unspecified atom stereocenters. The van der Waals surface area contributed by atoms with Crippen LogP contribution in [0.5, 0.6) is 0 Å². The van der Waals surface area contributed by atoms with Crippen molar-refractivity contribution in [2.45, 2.75) is 19.4 Å². The highest BCUT2D eigenvalue weighted by Crippen LogP contribution is 2.21. The lowest BCUT2D eigenvalue weighted by Gasteiger charge is -2.31. The second-order valence-corrected chi connectivity index (χ2v) is 6.23. The Morgan fingerprint density at radius 3 is 2.82 bits per heavy atom. The van der Waals surface area contributed by atoms with Crippen molar-refractivity contribution in [2.24, 2.45) is 5.92 Å². The predicted octanol–water partition coefficient (Wildman–Crippen LogP) is 3.13. The number of carbonyl (C=O) groups excluding carboxylic acids is 1. The number of carbonyl (C=O) groups is 1. The van der Waals surface area contributed by atoms with Gasteiger partial charge in [0.15, 0.2) is 5.78 Å². The van der Waals surface area contributed by atoms with Crippen molar-refractivity contribution in [1.82, 2.24) is 14.7 Å². The van der Waals surface area contributed by atoms with E-state index in [9.17, 15) is 4.79 Å². The second-order valence-electron chi connectivity index (χ2n) is 5.79. The first kappa shape index (κ1) is 15.3. The smallest absolute Gasteiger partial charge is 0.167 e. The summed E-state index contributed by atoms with van der Waals surface area (Å²) in [6.07, 6.45) is 5.54. The molecular formula is C17H20ClN3O. The topological polar surface area (TPSA) is 38.1 Å². The third-order valence-electron chi connectivity index (χ3n) is 4.18. The summed E-state index contributed by atoms with van der Waals surface area (Å²) in [7, 11) is 0. The van der Waals surface area contributed by atoms with E-state index in [0.717, 1.165) is 44.6 Å². The van der Waals surface area contributed by atoms with E-state index in [4.69, 9.17) is 11.6 Å². The number of ketones is 1. The lowest BCUT2D eigenvalue weighted by atomic mass is 9.90. The molecule has 1 aromatic carbocycles. The highest BCUT2D eigenvalue weighted by atomic mass is 35.5. The van der Waals surface area contributed by atoms with E-state index in [-0.39, 0.29) is 11.7 Å². The Labute approximate surface area is 135 Å². The van der Waals surface area contributed by atoms with Crippen LogP contribution in [0.3, 0.4) is 0 Å². The molecule has 2 heterocycles. The maximum Gasteiger partial charge on any atom is 0.167 e. The van der Waals surface area contributed by atoms with Crippen LogP contribution in [0.15, 0.2) is 42.7 Å². The zero-order valence-electron chi connectivity index (χ0n) is 12.5. The minimum absolute atomic E-state index is 0.109. The Hall–Kier alpha value is -1.65. The molecule has 1 aliphatic heterocycles. The van der Waals surface area contributed by atoms with E-state index < -0.39 is 0 Å². The quantitative estimate of drug-likeness (QED) is 0.795. The summed E-state index contributed by atoms with van der Waals surface area (Å²) < 4.78 is 1.85. The number of hydrogen-bond acceptors (Lipinski definition) is 3. The number of nitrogens with zero attached hydrogens (tertiary/aromatic N) is 3. The monoisotopic (exact) mass is 317 g/mol. The Balaban J connectivity index is 1.56. The molecule has 0 saturated carbocycles. The van der Waals surface area contributed by atoms with Crippen LogP contribution in [0.25, 0.3) is 0 Å². The molecule has 0 aliphatic carbocycles. The molecule has 1 fully saturated rings. The molecule has 22 heavy (non-hydrogen) atoms. The number of halogens is 1. The highest BCUT2D eigenvalue weighted by Gasteiger charge is 2.26. The molecule has 0 spiro atoms. The summed E-state index contributed by atoms with van der Waals surface area (Å²) in [6.45, 7) is 3.59. The summed E-state index contributed by atoms with van der Waals surface area (Å²) in [5.41, 5.74) is 0.827. The van der Waals surface area contributed by atoms with Gasteiger partial charge in [-0.3, -0.25) is 9.48 Å². The first-order valence-corrected chi connectivity index (χ1v) is 8.10. The zero-order chi connectivity index (χ0) is 15.4. The maximum absolute atomic E-state index is 12.6. The second kappa shape index (κ2) is 7.07. The van der Waals surface area contributed by atoms with Crippen molar-refractivity contribution in [3.05, 3.63) is 53.3 Å². The Morgan fingerprint density at radius 1 is 1.27 bits per heavy atom. The molecule has 4 nitrogen and oxygen atoms in total. The average molecular weight is 318 g/mol. The fraction of sp³-hybridized carbons (Fsp3) is 0.412. The van der Waals surface area contributed by atoms with E-state index >= 15 is 0 Å². The van der Waals surface area contributed by atoms with Gasteiger partial charge in [0.05, 0.1) is 17.8 Å². The number of Topliss-reactive ketones (excluding diaryl/α,β-unsaturated/α-hetero) is 1. The van der Waals surface area contributed by atoms with Gasteiger partial charge in [0, 0.05) is 30.8 Å². The molecular weight excluding hydrogens is 298 g/mol. The van der Waals surface area contributed by atoms with Crippen molar-refractivity contribution in [2.75, 3.05) is 19.6 Å². The summed E-state index contributed by atoms with van der Waals surface area (Å²) in [6, 6.07) is 9.61. The van der Waals surface area contributed by atoms with Crippen molar-refractivity contribution < 1.29 is 4.79 Å². The van der Waals surface area contributed by atoms with Gasteiger partial charge in [-0.05, 0) is 19.4 Å². The number of rotatable bonds is 5. The molecule has 1 atom stereocenters. The first-order chi connectivity index (χ1) is 10.7. The molecule has 3 rings (SSSR count). The standard InChI is InChI=1S/C17H20ClN3O/c18-16-11-19-21(13-16)10-9-20-8-4-7-15(12-20)17(22)14-5-2-1-3-6-14/h1-3,5-6,11,13,15H,4,7-10,12H2. The molecule has 0 radical (unpaired) electrons. The van der Waals surface area contributed by atoms with Crippen molar-refractivity contribution in [3.8, 4) is 0 Å². The summed E-state index contributed by atoms with van der Waals surface area (Å²) >= 11 is 5.87. The van der Waals surface area contributed by atoms with Gasteiger partial charge in [0.25, 0.3) is 0 Å². The summed E-state index contributed by atoms with van der Waals surface area (Å²) in [4.78, 5) is 14.9. The predicted molar refractivity (Wildman–Crippen MR) is 87.2 cm³/mol. The molecule has 1 aliphatic rings. The fourth-order valence-corrected chi connectivity index (χ4v) is 3.17. The van der Waals surface area contributed by atoms with E-state index in [1.165, 1.54) is 0 Å². The van der Waals surface area contributed by atoms with Crippen LogP contribution in [-0.4, -0.2) is 40.1 Å². The highest BCUT2D eigenvalue weighted by molar-refractivity contribution is 6.30. The molecule has 1 aromatic heterocycles. The van der Waals surface area contributed by atoms with Crippen LogP contribution in [-0.2, 0) is 6.54 Å². The molecule has 2 aromatic rings. The van der Waals surface area contributed by atoms with E-state index in [2.05, 4.69) is 10.00 Å². The van der Waals surface area contributed by atoms with Crippen LogP contribution in [0.2, 0.25) is 5.02 Å². The average Bonchev–Trinajstić information content (AvgIpc) is 2.99. The SMILES string of the molecule is O=C(c1ccccc1)C1CCCN(CCn2cc(Cl)cn2)C1. The van der Waals surface area contributed by atoms with Crippen molar-refractivity contribution in [1.29, 1.82) is 0 Å². The Morgan fingerprint density at radius 2 is 2.09 bits per heavy atom. The summed E-state index contributed by atoms with van der Waals surface area (Å²) in [5, 5.41) is 4.86. The van der Waals surface area contributed by atoms with Gasteiger partial charge < -0.3 is 4.90 Å². The van der Waals surface area contributed by atoms with E-state index in [0.29, 0.717) is 5.02 Å². The van der Waals surface area contributed by atoms with Crippen LogP contribution in [0.4, 0.5) is 0 Å². The van der Waals surface area contributed by atoms with Crippen molar-refractivity contribution in [3.63, 3.8) is 0 Å². The maximum atomic E-state index is 12.6.